The Hall–Kier alpha value is -3.70. The molecule has 2 aliphatic rings. The smallest absolute Gasteiger partial charge is 0.416 e. The van der Waals surface area contributed by atoms with Crippen LogP contribution in [0.4, 0.5) is 31.1 Å². The largest absolute Gasteiger partial charge is 0.496 e. The lowest BCUT2D eigenvalue weighted by Crippen LogP contribution is -2.35. The van der Waals surface area contributed by atoms with E-state index in [1.165, 1.54) is 18.9 Å². The molecule has 1 amide bonds. The molecule has 2 aromatic rings. The van der Waals surface area contributed by atoms with Gasteiger partial charge in [0, 0.05) is 12.1 Å². The SMILES string of the molecule is COc1cc(CC(C)(C)C(=O)O)ccc1C1=C(CN2C(=O)O[C@@H](c3cc(C(F)(F)F)cc(C(F)(F)F)c3)[C@@H]2C)CC(C)(C)CC1. The number of aliphatic carboxylic acids is 1. The average molecular weight is 642 g/mol. The van der Waals surface area contributed by atoms with Crippen LogP contribution in [-0.4, -0.2) is 41.8 Å². The number of alkyl halides is 6. The second-order valence-corrected chi connectivity index (χ2v) is 13.3. The highest BCUT2D eigenvalue weighted by molar-refractivity contribution is 5.77. The number of amides is 1. The molecular weight excluding hydrogens is 604 g/mol. The molecule has 1 N–H and O–H groups in total. The maximum atomic E-state index is 13.5. The number of halogens is 6. The van der Waals surface area contributed by atoms with Crippen molar-refractivity contribution in [3.05, 3.63) is 69.8 Å². The first kappa shape index (κ1) is 34.2. The van der Waals surface area contributed by atoms with Gasteiger partial charge in [-0.05, 0) is 98.4 Å². The quantitative estimate of drug-likeness (QED) is 0.292. The van der Waals surface area contributed by atoms with Crippen LogP contribution in [0.1, 0.15) is 87.8 Å². The number of hydrogen-bond donors (Lipinski definition) is 1. The number of carbonyl (C=O) groups is 2. The fourth-order valence-electron chi connectivity index (χ4n) is 6.08. The van der Waals surface area contributed by atoms with E-state index >= 15 is 0 Å². The van der Waals surface area contributed by atoms with Gasteiger partial charge in [0.2, 0.25) is 0 Å². The molecule has 0 saturated carbocycles. The van der Waals surface area contributed by atoms with Crippen molar-refractivity contribution in [2.45, 2.75) is 84.8 Å². The molecule has 12 heteroatoms. The van der Waals surface area contributed by atoms with E-state index in [1.54, 1.807) is 19.9 Å². The Labute approximate surface area is 258 Å². The maximum absolute atomic E-state index is 13.5. The summed E-state index contributed by atoms with van der Waals surface area (Å²) >= 11 is 0. The van der Waals surface area contributed by atoms with Gasteiger partial charge in [0.05, 0.1) is 29.7 Å². The van der Waals surface area contributed by atoms with E-state index in [0.717, 1.165) is 28.7 Å². The molecule has 0 aromatic heterocycles. The molecule has 1 aliphatic heterocycles. The van der Waals surface area contributed by atoms with Crippen molar-refractivity contribution in [2.24, 2.45) is 10.8 Å². The fraction of sp³-hybridized carbons (Fsp3) is 0.515. The zero-order valence-electron chi connectivity index (χ0n) is 25.9. The molecule has 246 valence electrons. The van der Waals surface area contributed by atoms with Crippen LogP contribution in [0.25, 0.3) is 5.57 Å². The van der Waals surface area contributed by atoms with Gasteiger partial charge >= 0.3 is 24.4 Å². The molecule has 2 atom stereocenters. The van der Waals surface area contributed by atoms with Crippen molar-refractivity contribution in [2.75, 3.05) is 13.7 Å². The van der Waals surface area contributed by atoms with Crippen LogP contribution in [0.3, 0.4) is 0 Å². The number of ether oxygens (including phenoxy) is 2. The normalized spacial score (nSPS) is 20.8. The van der Waals surface area contributed by atoms with Crippen molar-refractivity contribution >= 4 is 17.6 Å². The Balaban J connectivity index is 1.71. The van der Waals surface area contributed by atoms with Crippen LogP contribution >= 0.6 is 0 Å². The molecule has 2 aromatic carbocycles. The third-order valence-corrected chi connectivity index (χ3v) is 8.68. The molecule has 1 fully saturated rings. The molecule has 1 aliphatic carbocycles. The van der Waals surface area contributed by atoms with Crippen LogP contribution in [0.5, 0.6) is 5.75 Å². The molecule has 0 spiro atoms. The summed E-state index contributed by atoms with van der Waals surface area (Å²) in [6.45, 7) is 9.01. The molecule has 1 saturated heterocycles. The summed E-state index contributed by atoms with van der Waals surface area (Å²) in [4.78, 5) is 26.1. The average Bonchev–Trinajstić information content (AvgIpc) is 3.20. The number of nitrogens with zero attached hydrogens (tertiary/aromatic N) is 1. The first-order chi connectivity index (χ1) is 20.6. The number of hydrogen-bond acceptors (Lipinski definition) is 4. The van der Waals surface area contributed by atoms with Crippen LogP contribution < -0.4 is 4.74 Å². The maximum Gasteiger partial charge on any atom is 0.416 e. The number of allylic oxidation sites excluding steroid dienone is 1. The fourth-order valence-corrected chi connectivity index (χ4v) is 6.08. The number of carboxylic acid groups (broad SMARTS) is 1. The van der Waals surface area contributed by atoms with Gasteiger partial charge in [0.15, 0.2) is 0 Å². The van der Waals surface area contributed by atoms with Gasteiger partial charge in [0.1, 0.15) is 11.9 Å². The summed E-state index contributed by atoms with van der Waals surface area (Å²) in [6.07, 6.45) is -9.98. The Morgan fingerprint density at radius 3 is 2.18 bits per heavy atom. The van der Waals surface area contributed by atoms with Crippen molar-refractivity contribution in [3.63, 3.8) is 0 Å². The Bertz CT molecular complexity index is 1480. The van der Waals surface area contributed by atoms with Gasteiger partial charge in [-0.3, -0.25) is 9.69 Å². The molecule has 6 nitrogen and oxygen atoms in total. The highest BCUT2D eigenvalue weighted by atomic mass is 19.4. The number of carbonyl (C=O) groups excluding carboxylic acids is 1. The van der Waals surface area contributed by atoms with Crippen LogP contribution in [0.2, 0.25) is 0 Å². The van der Waals surface area contributed by atoms with E-state index in [0.29, 0.717) is 30.7 Å². The van der Waals surface area contributed by atoms with Crippen LogP contribution in [0, 0.1) is 10.8 Å². The molecule has 0 bridgehead atoms. The van der Waals surface area contributed by atoms with Crippen LogP contribution in [0.15, 0.2) is 42.0 Å². The number of carboxylic acids is 1. The lowest BCUT2D eigenvalue weighted by molar-refractivity contribution is -0.147. The van der Waals surface area contributed by atoms with Crippen molar-refractivity contribution in [1.29, 1.82) is 0 Å². The minimum atomic E-state index is -5.03. The van der Waals surface area contributed by atoms with E-state index in [9.17, 15) is 41.0 Å². The lowest BCUT2D eigenvalue weighted by atomic mass is 9.72. The number of rotatable bonds is 8. The third-order valence-electron chi connectivity index (χ3n) is 8.68. The highest BCUT2D eigenvalue weighted by Crippen LogP contribution is 2.47. The molecular formula is C33H37F6NO5. The summed E-state index contributed by atoms with van der Waals surface area (Å²) in [5.74, 6) is -0.408. The van der Waals surface area contributed by atoms with Crippen molar-refractivity contribution in [3.8, 4) is 5.75 Å². The van der Waals surface area contributed by atoms with Crippen LogP contribution in [-0.2, 0) is 28.3 Å². The molecule has 45 heavy (non-hydrogen) atoms. The second kappa shape index (κ2) is 11.9. The number of benzene rings is 2. The predicted molar refractivity (Wildman–Crippen MR) is 155 cm³/mol. The van der Waals surface area contributed by atoms with E-state index in [1.807, 2.05) is 12.1 Å². The first-order valence-electron chi connectivity index (χ1n) is 14.5. The molecule has 4 rings (SSSR count). The molecule has 1 heterocycles. The molecule has 0 unspecified atom stereocenters. The van der Waals surface area contributed by atoms with Gasteiger partial charge in [-0.1, -0.05) is 26.0 Å². The Morgan fingerprint density at radius 1 is 1.04 bits per heavy atom. The summed E-state index contributed by atoms with van der Waals surface area (Å²) in [5, 5.41) is 9.56. The lowest BCUT2D eigenvalue weighted by Gasteiger charge is -2.36. The van der Waals surface area contributed by atoms with Crippen molar-refractivity contribution < 1.29 is 50.5 Å². The second-order valence-electron chi connectivity index (χ2n) is 13.3. The standard InChI is InChI=1S/C33H37F6NO5/c1-18-27(20-12-22(32(34,35)36)14-23(13-20)33(37,38)39)45-29(43)40(18)17-21-16-30(2,3)10-9-24(21)25-8-7-19(11-26(25)44-6)15-31(4,5)28(41)42/h7-8,11-14,18,27H,9-10,15-17H2,1-6H3,(H,41,42)/t18-,27+/m0/s1. The Kier molecular flexibility index (Phi) is 9.04. The van der Waals surface area contributed by atoms with Gasteiger partial charge in [-0.15, -0.1) is 0 Å². The number of cyclic esters (lactones) is 1. The topological polar surface area (TPSA) is 76.1 Å². The molecule has 0 radical (unpaired) electrons. The summed E-state index contributed by atoms with van der Waals surface area (Å²) in [6, 6.07) is 5.85. The zero-order chi connectivity index (χ0) is 33.7. The van der Waals surface area contributed by atoms with E-state index in [-0.39, 0.29) is 30.0 Å². The minimum Gasteiger partial charge on any atom is -0.496 e. The Morgan fingerprint density at radius 2 is 1.64 bits per heavy atom. The van der Waals surface area contributed by atoms with Gasteiger partial charge < -0.3 is 14.6 Å². The number of methoxy groups -OCH3 is 1. The first-order valence-corrected chi connectivity index (χ1v) is 14.5. The predicted octanol–water partition coefficient (Wildman–Crippen LogP) is 8.93. The van der Waals surface area contributed by atoms with Crippen molar-refractivity contribution in [1.82, 2.24) is 4.90 Å². The van der Waals surface area contributed by atoms with E-state index < -0.39 is 53.1 Å². The highest BCUT2D eigenvalue weighted by Gasteiger charge is 2.44. The zero-order valence-corrected chi connectivity index (χ0v) is 25.9. The third kappa shape index (κ3) is 7.41. The van der Waals surface area contributed by atoms with Gasteiger partial charge in [-0.2, -0.15) is 26.3 Å². The van der Waals surface area contributed by atoms with Gasteiger partial charge in [-0.25, -0.2) is 4.79 Å². The minimum absolute atomic E-state index is 0.0468. The summed E-state index contributed by atoms with van der Waals surface area (Å²) < 4.78 is 92.3. The monoisotopic (exact) mass is 641 g/mol. The van der Waals surface area contributed by atoms with Gasteiger partial charge in [0.25, 0.3) is 0 Å². The summed E-state index contributed by atoms with van der Waals surface area (Å²) in [5.41, 5.74) is -1.18. The summed E-state index contributed by atoms with van der Waals surface area (Å²) in [7, 11) is 1.51. The van der Waals surface area contributed by atoms with E-state index in [4.69, 9.17) is 9.47 Å². The van der Waals surface area contributed by atoms with E-state index in [2.05, 4.69) is 13.8 Å².